The first-order valence-corrected chi connectivity index (χ1v) is 5.66. The number of hydrogen-bond acceptors (Lipinski definition) is 4. The Morgan fingerprint density at radius 1 is 1.38 bits per heavy atom. The van der Waals surface area contributed by atoms with Crippen molar-refractivity contribution in [2.24, 2.45) is 0 Å². The average molecular weight is 199 g/mol. The molecular weight excluding hydrogens is 182 g/mol. The van der Waals surface area contributed by atoms with Crippen LogP contribution in [0.5, 0.6) is 0 Å². The molecule has 1 heterocycles. The molecule has 0 bridgehead atoms. The Kier molecular flexibility index (Phi) is 5.73. The average Bonchev–Trinajstić information content (AvgIpc) is 2.63. The lowest BCUT2D eigenvalue weighted by Crippen LogP contribution is -2.21. The van der Waals surface area contributed by atoms with Crippen molar-refractivity contribution < 1.29 is 0 Å². The van der Waals surface area contributed by atoms with Crippen molar-refractivity contribution >= 4 is 11.3 Å². The molecule has 0 spiro atoms. The molecule has 0 amide bonds. The lowest BCUT2D eigenvalue weighted by Gasteiger charge is -2.02. The molecule has 13 heavy (non-hydrogen) atoms. The molecule has 0 aliphatic heterocycles. The van der Waals surface area contributed by atoms with E-state index in [2.05, 4.69) is 27.9 Å². The van der Waals surface area contributed by atoms with Crippen LogP contribution in [0.25, 0.3) is 0 Å². The van der Waals surface area contributed by atoms with Gasteiger partial charge in [-0.2, -0.15) is 0 Å². The van der Waals surface area contributed by atoms with Crippen LogP contribution in [0.4, 0.5) is 0 Å². The van der Waals surface area contributed by atoms with E-state index >= 15 is 0 Å². The lowest BCUT2D eigenvalue weighted by atomic mass is 10.4. The molecule has 0 aromatic carbocycles. The van der Waals surface area contributed by atoms with E-state index in [9.17, 15) is 0 Å². The molecule has 0 unspecified atom stereocenters. The SMILES string of the molecule is CCNCCCNCc1cscn1. The van der Waals surface area contributed by atoms with Crippen LogP contribution in [-0.4, -0.2) is 24.6 Å². The Morgan fingerprint density at radius 3 is 2.92 bits per heavy atom. The summed E-state index contributed by atoms with van der Waals surface area (Å²) < 4.78 is 0. The Balaban J connectivity index is 1.90. The van der Waals surface area contributed by atoms with Crippen LogP contribution in [0.15, 0.2) is 10.9 Å². The van der Waals surface area contributed by atoms with Crippen LogP contribution < -0.4 is 10.6 Å². The predicted octanol–water partition coefficient (Wildman–Crippen LogP) is 1.23. The smallest absolute Gasteiger partial charge is 0.0795 e. The van der Waals surface area contributed by atoms with Crippen molar-refractivity contribution in [3.05, 3.63) is 16.6 Å². The number of rotatable bonds is 7. The van der Waals surface area contributed by atoms with Crippen molar-refractivity contribution in [2.75, 3.05) is 19.6 Å². The summed E-state index contributed by atoms with van der Waals surface area (Å²) in [7, 11) is 0. The van der Waals surface area contributed by atoms with Gasteiger partial charge >= 0.3 is 0 Å². The molecule has 74 valence electrons. The van der Waals surface area contributed by atoms with Gasteiger partial charge in [-0.25, -0.2) is 4.98 Å². The van der Waals surface area contributed by atoms with Gasteiger partial charge in [-0.05, 0) is 26.1 Å². The second kappa shape index (κ2) is 7.00. The number of thiazole rings is 1. The van der Waals surface area contributed by atoms with Crippen LogP contribution >= 0.6 is 11.3 Å². The number of nitrogens with one attached hydrogen (secondary N) is 2. The quantitative estimate of drug-likeness (QED) is 0.649. The minimum atomic E-state index is 0.898. The van der Waals surface area contributed by atoms with Gasteiger partial charge in [-0.3, -0.25) is 0 Å². The van der Waals surface area contributed by atoms with Gasteiger partial charge in [0.15, 0.2) is 0 Å². The summed E-state index contributed by atoms with van der Waals surface area (Å²) in [5.41, 5.74) is 3.02. The van der Waals surface area contributed by atoms with E-state index in [-0.39, 0.29) is 0 Å². The first-order chi connectivity index (χ1) is 6.43. The standard InChI is InChI=1S/C9H17N3S/c1-2-10-4-3-5-11-6-9-7-13-8-12-9/h7-8,10-11H,2-6H2,1H3. The van der Waals surface area contributed by atoms with Crippen molar-refractivity contribution in [1.29, 1.82) is 0 Å². The normalized spacial score (nSPS) is 10.5. The number of nitrogens with zero attached hydrogens (tertiary/aromatic N) is 1. The first kappa shape index (κ1) is 10.6. The third kappa shape index (κ3) is 4.98. The third-order valence-electron chi connectivity index (χ3n) is 1.75. The highest BCUT2D eigenvalue weighted by Crippen LogP contribution is 1.99. The topological polar surface area (TPSA) is 37.0 Å². The molecule has 0 aliphatic carbocycles. The highest BCUT2D eigenvalue weighted by molar-refractivity contribution is 7.07. The fraction of sp³-hybridized carbons (Fsp3) is 0.667. The molecular formula is C9H17N3S. The second-order valence-corrected chi connectivity index (χ2v) is 3.58. The first-order valence-electron chi connectivity index (χ1n) is 4.72. The molecule has 0 radical (unpaired) electrons. The number of aromatic nitrogens is 1. The molecule has 0 atom stereocenters. The van der Waals surface area contributed by atoms with Crippen LogP contribution in [0.3, 0.4) is 0 Å². The van der Waals surface area contributed by atoms with Gasteiger partial charge in [-0.1, -0.05) is 6.92 Å². The highest BCUT2D eigenvalue weighted by Gasteiger charge is 1.92. The molecule has 0 saturated carbocycles. The molecule has 1 aromatic heterocycles. The van der Waals surface area contributed by atoms with Gasteiger partial charge in [0.2, 0.25) is 0 Å². The van der Waals surface area contributed by atoms with E-state index in [4.69, 9.17) is 0 Å². The second-order valence-electron chi connectivity index (χ2n) is 2.86. The molecule has 0 aliphatic rings. The van der Waals surface area contributed by atoms with E-state index in [0.717, 1.165) is 31.9 Å². The minimum absolute atomic E-state index is 0.898. The zero-order valence-corrected chi connectivity index (χ0v) is 8.86. The summed E-state index contributed by atoms with van der Waals surface area (Å²) in [6.45, 7) is 6.25. The fourth-order valence-corrected chi connectivity index (χ4v) is 1.61. The molecule has 1 aromatic rings. The molecule has 0 fully saturated rings. The van der Waals surface area contributed by atoms with E-state index in [1.54, 1.807) is 11.3 Å². The zero-order chi connectivity index (χ0) is 9.36. The molecule has 1 rings (SSSR count). The molecule has 0 saturated heterocycles. The lowest BCUT2D eigenvalue weighted by molar-refractivity contribution is 0.602. The van der Waals surface area contributed by atoms with Crippen LogP contribution in [-0.2, 0) is 6.54 Å². The maximum Gasteiger partial charge on any atom is 0.0795 e. The summed E-state index contributed by atoms with van der Waals surface area (Å²) in [6, 6.07) is 0. The van der Waals surface area contributed by atoms with Gasteiger partial charge < -0.3 is 10.6 Å². The predicted molar refractivity (Wildman–Crippen MR) is 57.0 cm³/mol. The molecule has 3 nitrogen and oxygen atoms in total. The van der Waals surface area contributed by atoms with Gasteiger partial charge in [0.1, 0.15) is 0 Å². The summed E-state index contributed by atoms with van der Waals surface area (Å²) in [6.07, 6.45) is 1.18. The molecule has 4 heteroatoms. The summed E-state index contributed by atoms with van der Waals surface area (Å²) >= 11 is 1.65. The number of hydrogen-bond donors (Lipinski definition) is 2. The van der Waals surface area contributed by atoms with Crippen LogP contribution in [0.2, 0.25) is 0 Å². The summed E-state index contributed by atoms with van der Waals surface area (Å²) in [5.74, 6) is 0. The van der Waals surface area contributed by atoms with Crippen LogP contribution in [0, 0.1) is 0 Å². The maximum atomic E-state index is 4.19. The van der Waals surface area contributed by atoms with Gasteiger partial charge in [0, 0.05) is 11.9 Å². The Morgan fingerprint density at radius 2 is 2.23 bits per heavy atom. The largest absolute Gasteiger partial charge is 0.317 e. The van der Waals surface area contributed by atoms with E-state index in [1.165, 1.54) is 6.42 Å². The van der Waals surface area contributed by atoms with Gasteiger partial charge in [0.05, 0.1) is 11.2 Å². The summed E-state index contributed by atoms with van der Waals surface area (Å²) in [5, 5.41) is 8.72. The third-order valence-corrected chi connectivity index (χ3v) is 2.38. The highest BCUT2D eigenvalue weighted by atomic mass is 32.1. The van der Waals surface area contributed by atoms with Gasteiger partial charge in [-0.15, -0.1) is 11.3 Å². The van der Waals surface area contributed by atoms with Crippen LogP contribution in [0.1, 0.15) is 19.0 Å². The van der Waals surface area contributed by atoms with Crippen molar-refractivity contribution in [1.82, 2.24) is 15.6 Å². The summed E-state index contributed by atoms with van der Waals surface area (Å²) in [4.78, 5) is 4.19. The zero-order valence-electron chi connectivity index (χ0n) is 8.05. The minimum Gasteiger partial charge on any atom is -0.317 e. The molecule has 2 N–H and O–H groups in total. The fourth-order valence-electron chi connectivity index (χ4n) is 1.06. The van der Waals surface area contributed by atoms with E-state index < -0.39 is 0 Å². The Hall–Kier alpha value is -0.450. The van der Waals surface area contributed by atoms with Gasteiger partial charge in [0.25, 0.3) is 0 Å². The monoisotopic (exact) mass is 199 g/mol. The Bertz CT molecular complexity index is 199. The van der Waals surface area contributed by atoms with Crippen molar-refractivity contribution in [3.8, 4) is 0 Å². The van der Waals surface area contributed by atoms with E-state index in [0.29, 0.717) is 0 Å². The Labute approximate surface area is 83.6 Å². The van der Waals surface area contributed by atoms with E-state index in [1.807, 2.05) is 5.51 Å². The maximum absolute atomic E-state index is 4.19. The van der Waals surface area contributed by atoms with Crippen molar-refractivity contribution in [3.63, 3.8) is 0 Å². The van der Waals surface area contributed by atoms with Crippen molar-refractivity contribution in [2.45, 2.75) is 19.9 Å².